The van der Waals surface area contributed by atoms with E-state index in [1.807, 2.05) is 0 Å². The molecule has 5 nitrogen and oxygen atoms in total. The molecule has 0 amide bonds. The zero-order valence-corrected chi connectivity index (χ0v) is 9.52. The van der Waals surface area contributed by atoms with Crippen LogP contribution in [0, 0.1) is 0 Å². The van der Waals surface area contributed by atoms with Crippen molar-refractivity contribution in [3.05, 3.63) is 0 Å². The predicted octanol–water partition coefficient (Wildman–Crippen LogP) is 0.622. The molecule has 0 aromatic heterocycles. The normalized spacial score (nSPS) is 23.7. The molecule has 1 aliphatic heterocycles. The van der Waals surface area contributed by atoms with Crippen molar-refractivity contribution in [2.75, 3.05) is 19.8 Å². The molecule has 1 atom stereocenters. The molecule has 1 rings (SSSR count). The van der Waals surface area contributed by atoms with Crippen LogP contribution in [0.5, 0.6) is 0 Å². The molecule has 1 fully saturated rings. The molecule has 0 aromatic rings. The van der Waals surface area contributed by atoms with Gasteiger partial charge in [0.25, 0.3) is 0 Å². The molecule has 0 spiro atoms. The van der Waals surface area contributed by atoms with Gasteiger partial charge in [0.1, 0.15) is 0 Å². The van der Waals surface area contributed by atoms with Gasteiger partial charge in [0.2, 0.25) is 0 Å². The lowest BCUT2D eigenvalue weighted by molar-refractivity contribution is 0.0123. The van der Waals surface area contributed by atoms with Gasteiger partial charge in [0, 0.05) is 18.7 Å². The third-order valence-electron chi connectivity index (χ3n) is 2.74. The van der Waals surface area contributed by atoms with Gasteiger partial charge in [-0.15, -0.1) is 0 Å². The van der Waals surface area contributed by atoms with Gasteiger partial charge in [-0.25, -0.2) is 0 Å². The van der Waals surface area contributed by atoms with Crippen molar-refractivity contribution in [2.24, 2.45) is 10.9 Å². The smallest absolute Gasteiger partial charge is 0.153 e. The second-order valence-electron chi connectivity index (χ2n) is 4.23. The van der Waals surface area contributed by atoms with Gasteiger partial charge in [-0.1, -0.05) is 5.16 Å². The van der Waals surface area contributed by atoms with Crippen LogP contribution in [-0.2, 0) is 4.74 Å². The molecule has 0 aliphatic carbocycles. The maximum absolute atomic E-state index is 8.57. The van der Waals surface area contributed by atoms with E-state index in [0.717, 1.165) is 26.1 Å². The molecule has 0 saturated carbocycles. The van der Waals surface area contributed by atoms with Crippen LogP contribution in [0.15, 0.2) is 5.16 Å². The molecule has 3 N–H and O–H groups in total. The van der Waals surface area contributed by atoms with Gasteiger partial charge < -0.3 is 15.7 Å². The Kier molecular flexibility index (Phi) is 4.84. The monoisotopic (exact) mass is 215 g/mol. The molecule has 0 radical (unpaired) electrons. The Hall–Kier alpha value is -0.810. The van der Waals surface area contributed by atoms with Crippen LogP contribution in [0.2, 0.25) is 0 Å². The lowest BCUT2D eigenvalue weighted by atomic mass is 10.1. The van der Waals surface area contributed by atoms with E-state index in [4.69, 9.17) is 15.7 Å². The zero-order chi connectivity index (χ0) is 11.3. The molecule has 0 aromatic carbocycles. The van der Waals surface area contributed by atoms with E-state index in [1.54, 1.807) is 0 Å². The Morgan fingerprint density at radius 3 is 2.87 bits per heavy atom. The highest BCUT2D eigenvalue weighted by Gasteiger charge is 2.24. The van der Waals surface area contributed by atoms with Gasteiger partial charge in [-0.3, -0.25) is 4.90 Å². The summed E-state index contributed by atoms with van der Waals surface area (Å²) in [6.07, 6.45) is 2.21. The summed E-state index contributed by atoms with van der Waals surface area (Å²) in [4.78, 5) is 2.22. The Morgan fingerprint density at radius 1 is 1.67 bits per heavy atom. The largest absolute Gasteiger partial charge is 0.409 e. The SMILES string of the molecule is CC(C)N(CC(N)=NO)C1CCCOC1. The molecule has 0 bridgehead atoms. The van der Waals surface area contributed by atoms with Gasteiger partial charge in [-0.05, 0) is 26.7 Å². The van der Waals surface area contributed by atoms with E-state index in [0.29, 0.717) is 18.6 Å². The Morgan fingerprint density at radius 2 is 2.40 bits per heavy atom. The summed E-state index contributed by atoms with van der Waals surface area (Å²) in [5, 5.41) is 11.6. The van der Waals surface area contributed by atoms with Crippen LogP contribution in [0.4, 0.5) is 0 Å². The first-order valence-electron chi connectivity index (χ1n) is 5.45. The Labute approximate surface area is 90.9 Å². The molecule has 88 valence electrons. The minimum atomic E-state index is 0.259. The molecule has 15 heavy (non-hydrogen) atoms. The highest BCUT2D eigenvalue weighted by Crippen LogP contribution is 2.15. The summed E-state index contributed by atoms with van der Waals surface area (Å²) in [6.45, 7) is 6.32. The van der Waals surface area contributed by atoms with Crippen molar-refractivity contribution in [1.82, 2.24) is 4.90 Å². The van der Waals surface area contributed by atoms with E-state index in [-0.39, 0.29) is 5.84 Å². The highest BCUT2D eigenvalue weighted by molar-refractivity contribution is 5.81. The Balaban J connectivity index is 2.55. The number of nitrogens with zero attached hydrogens (tertiary/aromatic N) is 2. The van der Waals surface area contributed by atoms with Gasteiger partial charge in [0.15, 0.2) is 5.84 Å². The minimum Gasteiger partial charge on any atom is -0.409 e. The summed E-state index contributed by atoms with van der Waals surface area (Å²) < 4.78 is 5.44. The van der Waals surface area contributed by atoms with Crippen LogP contribution >= 0.6 is 0 Å². The fourth-order valence-electron chi connectivity index (χ4n) is 1.94. The van der Waals surface area contributed by atoms with Crippen molar-refractivity contribution >= 4 is 5.84 Å². The molecule has 5 heteroatoms. The molecule has 1 heterocycles. The summed E-state index contributed by atoms with van der Waals surface area (Å²) in [5.41, 5.74) is 5.54. The standard InChI is InChI=1S/C10H21N3O2/c1-8(2)13(6-10(11)12-14)9-4-3-5-15-7-9/h8-9,14H,3-7H2,1-2H3,(H2,11,12). The van der Waals surface area contributed by atoms with Gasteiger partial charge in [0.05, 0.1) is 13.2 Å². The van der Waals surface area contributed by atoms with E-state index >= 15 is 0 Å². The summed E-state index contributed by atoms with van der Waals surface area (Å²) in [5.74, 6) is 0.259. The molecule has 1 aliphatic rings. The second-order valence-corrected chi connectivity index (χ2v) is 4.23. The number of ether oxygens (including phenoxy) is 1. The first-order chi connectivity index (χ1) is 7.15. The minimum absolute atomic E-state index is 0.259. The lowest BCUT2D eigenvalue weighted by Crippen LogP contribution is -2.48. The fourth-order valence-corrected chi connectivity index (χ4v) is 1.94. The van der Waals surface area contributed by atoms with E-state index in [9.17, 15) is 0 Å². The van der Waals surface area contributed by atoms with Crippen LogP contribution < -0.4 is 5.73 Å². The third kappa shape index (κ3) is 3.68. The molecular formula is C10H21N3O2. The van der Waals surface area contributed by atoms with Gasteiger partial charge >= 0.3 is 0 Å². The molecule has 1 saturated heterocycles. The van der Waals surface area contributed by atoms with Crippen LogP contribution in [0.3, 0.4) is 0 Å². The number of hydrogen-bond acceptors (Lipinski definition) is 4. The number of oxime groups is 1. The highest BCUT2D eigenvalue weighted by atomic mass is 16.5. The van der Waals surface area contributed by atoms with Crippen molar-refractivity contribution in [1.29, 1.82) is 0 Å². The molecule has 1 unspecified atom stereocenters. The number of hydrogen-bond donors (Lipinski definition) is 2. The lowest BCUT2D eigenvalue weighted by Gasteiger charge is -2.36. The number of amidine groups is 1. The first kappa shape index (κ1) is 12.3. The summed E-state index contributed by atoms with van der Waals surface area (Å²) >= 11 is 0. The van der Waals surface area contributed by atoms with E-state index in [1.165, 1.54) is 0 Å². The van der Waals surface area contributed by atoms with Gasteiger partial charge in [-0.2, -0.15) is 0 Å². The summed E-state index contributed by atoms with van der Waals surface area (Å²) in [6, 6.07) is 0.760. The van der Waals surface area contributed by atoms with Crippen LogP contribution in [-0.4, -0.2) is 47.8 Å². The maximum atomic E-state index is 8.57. The van der Waals surface area contributed by atoms with Crippen LogP contribution in [0.1, 0.15) is 26.7 Å². The second kappa shape index (κ2) is 5.92. The van der Waals surface area contributed by atoms with E-state index < -0.39 is 0 Å². The van der Waals surface area contributed by atoms with E-state index in [2.05, 4.69) is 23.9 Å². The fraction of sp³-hybridized carbons (Fsp3) is 0.900. The Bertz CT molecular complexity index is 213. The van der Waals surface area contributed by atoms with Crippen molar-refractivity contribution < 1.29 is 9.94 Å². The van der Waals surface area contributed by atoms with Crippen LogP contribution in [0.25, 0.3) is 0 Å². The average Bonchev–Trinajstić information content (AvgIpc) is 2.26. The van der Waals surface area contributed by atoms with Crippen molar-refractivity contribution in [2.45, 2.75) is 38.8 Å². The summed E-state index contributed by atoms with van der Waals surface area (Å²) in [7, 11) is 0. The zero-order valence-electron chi connectivity index (χ0n) is 9.52. The van der Waals surface area contributed by atoms with Crippen molar-refractivity contribution in [3.63, 3.8) is 0 Å². The third-order valence-corrected chi connectivity index (χ3v) is 2.74. The topological polar surface area (TPSA) is 71.1 Å². The number of nitrogens with two attached hydrogens (primary N) is 1. The predicted molar refractivity (Wildman–Crippen MR) is 59.1 cm³/mol. The average molecular weight is 215 g/mol. The molecular weight excluding hydrogens is 194 g/mol. The first-order valence-corrected chi connectivity index (χ1v) is 5.45. The quantitative estimate of drug-likeness (QED) is 0.312. The van der Waals surface area contributed by atoms with Crippen molar-refractivity contribution in [3.8, 4) is 0 Å². The number of rotatable bonds is 4. The maximum Gasteiger partial charge on any atom is 0.153 e.